The number of hydrogen-bond donors (Lipinski definition) is 1. The van der Waals surface area contributed by atoms with Crippen molar-refractivity contribution in [1.29, 1.82) is 0 Å². The summed E-state index contributed by atoms with van der Waals surface area (Å²) in [5, 5.41) is 3.13. The molecular formula is C21H21NO2. The smallest absolute Gasteiger partial charge is 0.163 e. The lowest BCUT2D eigenvalue weighted by molar-refractivity contribution is 0.256. The van der Waals surface area contributed by atoms with Gasteiger partial charge >= 0.3 is 0 Å². The molecule has 0 aliphatic heterocycles. The second-order valence-corrected chi connectivity index (χ2v) is 5.46. The van der Waals surface area contributed by atoms with Gasteiger partial charge in [-0.2, -0.15) is 0 Å². The minimum atomic E-state index is 0.510. The van der Waals surface area contributed by atoms with E-state index in [1.54, 1.807) is 0 Å². The third-order valence-corrected chi connectivity index (χ3v) is 3.71. The molecule has 0 heterocycles. The van der Waals surface area contributed by atoms with Crippen LogP contribution in [0.25, 0.3) is 0 Å². The number of hydrogen-bond acceptors (Lipinski definition) is 3. The Bertz CT molecular complexity index is 757. The normalized spacial score (nSPS) is 10.2. The van der Waals surface area contributed by atoms with Gasteiger partial charge in [0, 0.05) is 18.8 Å². The van der Waals surface area contributed by atoms with Crippen molar-refractivity contribution in [2.45, 2.75) is 13.2 Å². The lowest BCUT2D eigenvalue weighted by atomic mass is 10.2. The fourth-order valence-electron chi connectivity index (χ4n) is 2.37. The number of nitrogens with one attached hydrogen (secondary N) is 1. The third kappa shape index (κ3) is 4.29. The first kappa shape index (κ1) is 15.9. The molecule has 1 N–H and O–H groups in total. The molecule has 0 bridgehead atoms. The molecule has 0 unspecified atom stereocenters. The predicted octanol–water partition coefficient (Wildman–Crippen LogP) is 4.89. The second kappa shape index (κ2) is 8.06. The highest BCUT2D eigenvalue weighted by atomic mass is 16.5. The third-order valence-electron chi connectivity index (χ3n) is 3.71. The van der Waals surface area contributed by atoms with Gasteiger partial charge in [-0.05, 0) is 23.3 Å². The number of rotatable bonds is 7. The van der Waals surface area contributed by atoms with E-state index < -0.39 is 0 Å². The molecule has 0 saturated heterocycles. The lowest BCUT2D eigenvalue weighted by Crippen LogP contribution is -2.01. The molecule has 0 amide bonds. The van der Waals surface area contributed by atoms with Gasteiger partial charge in [0.2, 0.25) is 0 Å². The molecule has 3 rings (SSSR count). The minimum absolute atomic E-state index is 0.510. The summed E-state index contributed by atoms with van der Waals surface area (Å²) in [6.07, 6.45) is 0. The topological polar surface area (TPSA) is 30.5 Å². The Balaban J connectivity index is 1.72. The van der Waals surface area contributed by atoms with Gasteiger partial charge < -0.3 is 14.8 Å². The SMILES string of the molecule is CNc1ccc(OCc2ccccc2)c(OCc2ccccc2)c1. The van der Waals surface area contributed by atoms with Gasteiger partial charge in [-0.25, -0.2) is 0 Å². The van der Waals surface area contributed by atoms with E-state index in [2.05, 4.69) is 5.32 Å². The van der Waals surface area contributed by atoms with Crippen LogP contribution in [0.2, 0.25) is 0 Å². The summed E-state index contributed by atoms with van der Waals surface area (Å²) in [6, 6.07) is 26.1. The van der Waals surface area contributed by atoms with Crippen molar-refractivity contribution in [2.75, 3.05) is 12.4 Å². The molecule has 0 atom stereocenters. The quantitative estimate of drug-likeness (QED) is 0.673. The first-order valence-corrected chi connectivity index (χ1v) is 8.00. The van der Waals surface area contributed by atoms with E-state index in [-0.39, 0.29) is 0 Å². The zero-order valence-electron chi connectivity index (χ0n) is 13.7. The van der Waals surface area contributed by atoms with Gasteiger partial charge in [0.25, 0.3) is 0 Å². The van der Waals surface area contributed by atoms with E-state index in [0.717, 1.165) is 28.3 Å². The van der Waals surface area contributed by atoms with Crippen LogP contribution in [0.15, 0.2) is 78.9 Å². The Morgan fingerprint density at radius 3 is 1.75 bits per heavy atom. The second-order valence-electron chi connectivity index (χ2n) is 5.46. The number of ether oxygens (including phenoxy) is 2. The molecule has 24 heavy (non-hydrogen) atoms. The lowest BCUT2D eigenvalue weighted by Gasteiger charge is -2.14. The van der Waals surface area contributed by atoms with Crippen LogP contribution >= 0.6 is 0 Å². The average Bonchev–Trinajstić information content (AvgIpc) is 2.66. The molecule has 0 aliphatic rings. The summed E-state index contributed by atoms with van der Waals surface area (Å²) in [6.45, 7) is 1.02. The van der Waals surface area contributed by atoms with Crippen LogP contribution in [-0.4, -0.2) is 7.05 Å². The summed E-state index contributed by atoms with van der Waals surface area (Å²) in [5.74, 6) is 1.48. The van der Waals surface area contributed by atoms with Crippen LogP contribution in [0.1, 0.15) is 11.1 Å². The minimum Gasteiger partial charge on any atom is -0.485 e. The number of anilines is 1. The summed E-state index contributed by atoms with van der Waals surface area (Å²) in [5.41, 5.74) is 3.25. The molecule has 3 nitrogen and oxygen atoms in total. The highest BCUT2D eigenvalue weighted by Crippen LogP contribution is 2.31. The molecule has 0 fully saturated rings. The van der Waals surface area contributed by atoms with E-state index in [4.69, 9.17) is 9.47 Å². The Labute approximate surface area is 142 Å². The number of benzene rings is 3. The highest BCUT2D eigenvalue weighted by Gasteiger charge is 2.07. The van der Waals surface area contributed by atoms with Crippen molar-refractivity contribution in [1.82, 2.24) is 0 Å². The molecule has 0 spiro atoms. The monoisotopic (exact) mass is 319 g/mol. The van der Waals surface area contributed by atoms with Crippen LogP contribution < -0.4 is 14.8 Å². The van der Waals surface area contributed by atoms with Crippen molar-refractivity contribution in [2.24, 2.45) is 0 Å². The van der Waals surface area contributed by atoms with Crippen LogP contribution in [0, 0.1) is 0 Å². The Morgan fingerprint density at radius 2 is 1.21 bits per heavy atom. The van der Waals surface area contributed by atoms with E-state index in [1.165, 1.54) is 0 Å². The van der Waals surface area contributed by atoms with Crippen molar-refractivity contribution >= 4 is 5.69 Å². The molecule has 0 radical (unpaired) electrons. The van der Waals surface area contributed by atoms with Gasteiger partial charge in [-0.1, -0.05) is 60.7 Å². The van der Waals surface area contributed by atoms with Crippen molar-refractivity contribution < 1.29 is 9.47 Å². The molecule has 122 valence electrons. The molecule has 3 aromatic rings. The van der Waals surface area contributed by atoms with Gasteiger partial charge in [0.1, 0.15) is 13.2 Å². The highest BCUT2D eigenvalue weighted by molar-refractivity contribution is 5.54. The van der Waals surface area contributed by atoms with Crippen LogP contribution in [0.4, 0.5) is 5.69 Å². The maximum Gasteiger partial charge on any atom is 0.163 e. The zero-order valence-corrected chi connectivity index (χ0v) is 13.7. The van der Waals surface area contributed by atoms with Crippen molar-refractivity contribution in [3.63, 3.8) is 0 Å². The standard InChI is InChI=1S/C21H21NO2/c1-22-19-12-13-20(23-15-17-8-4-2-5-9-17)21(14-19)24-16-18-10-6-3-7-11-18/h2-14,22H,15-16H2,1H3. The molecule has 0 aliphatic carbocycles. The van der Waals surface area contributed by atoms with Crippen molar-refractivity contribution in [3.05, 3.63) is 90.0 Å². The van der Waals surface area contributed by atoms with E-state index in [9.17, 15) is 0 Å². The maximum absolute atomic E-state index is 5.99. The van der Waals surface area contributed by atoms with Crippen molar-refractivity contribution in [3.8, 4) is 11.5 Å². The fourth-order valence-corrected chi connectivity index (χ4v) is 2.37. The van der Waals surface area contributed by atoms with Gasteiger partial charge in [-0.3, -0.25) is 0 Å². The predicted molar refractivity (Wildman–Crippen MR) is 97.5 cm³/mol. The molecule has 0 saturated carbocycles. The Morgan fingerprint density at radius 1 is 0.667 bits per heavy atom. The van der Waals surface area contributed by atoms with Gasteiger partial charge in [0.15, 0.2) is 11.5 Å². The molecule has 3 aromatic carbocycles. The molecule has 3 heteroatoms. The van der Waals surface area contributed by atoms with E-state index in [1.807, 2.05) is 85.9 Å². The average molecular weight is 319 g/mol. The summed E-state index contributed by atoms with van der Waals surface area (Å²) >= 11 is 0. The zero-order chi connectivity index (χ0) is 16.6. The first-order chi connectivity index (χ1) is 11.8. The largest absolute Gasteiger partial charge is 0.485 e. The van der Waals surface area contributed by atoms with Crippen LogP contribution in [-0.2, 0) is 13.2 Å². The van der Waals surface area contributed by atoms with Gasteiger partial charge in [0.05, 0.1) is 0 Å². The molecular weight excluding hydrogens is 298 g/mol. The van der Waals surface area contributed by atoms with Crippen LogP contribution in [0.5, 0.6) is 11.5 Å². The van der Waals surface area contributed by atoms with Crippen LogP contribution in [0.3, 0.4) is 0 Å². The Hall–Kier alpha value is -2.94. The van der Waals surface area contributed by atoms with E-state index >= 15 is 0 Å². The Kier molecular flexibility index (Phi) is 5.36. The fraction of sp³-hybridized carbons (Fsp3) is 0.143. The van der Waals surface area contributed by atoms with E-state index in [0.29, 0.717) is 13.2 Å². The summed E-state index contributed by atoms with van der Waals surface area (Å²) < 4.78 is 11.9. The first-order valence-electron chi connectivity index (χ1n) is 8.00. The maximum atomic E-state index is 5.99. The van der Waals surface area contributed by atoms with Gasteiger partial charge in [-0.15, -0.1) is 0 Å². The summed E-state index contributed by atoms with van der Waals surface area (Å²) in [7, 11) is 1.89. The summed E-state index contributed by atoms with van der Waals surface area (Å²) in [4.78, 5) is 0. The molecule has 0 aromatic heterocycles.